The number of amides is 1. The van der Waals surface area contributed by atoms with E-state index in [1.165, 1.54) is 11.0 Å². The van der Waals surface area contributed by atoms with E-state index < -0.39 is 71.0 Å². The van der Waals surface area contributed by atoms with Crippen molar-refractivity contribution >= 4 is 29.0 Å². The van der Waals surface area contributed by atoms with Gasteiger partial charge in [0.25, 0.3) is 0 Å². The van der Waals surface area contributed by atoms with Gasteiger partial charge in [0.2, 0.25) is 5.91 Å². The van der Waals surface area contributed by atoms with Gasteiger partial charge in [-0.2, -0.15) is 0 Å². The second kappa shape index (κ2) is 10.8. The Morgan fingerprint density at radius 1 is 1.05 bits per heavy atom. The maximum atomic E-state index is 13.9. The SMILES string of the molecule is CN(CCF)Cc1ccc(-c2ccc(O)c3c2C[C@H]2C[C@H]4[C@@H](N(C)C)C(=O)C(C(N)=O)C(=O)[C@@]4(O)C(=O)C2C3=O)cc1. The molecule has 0 aromatic heterocycles. The van der Waals surface area contributed by atoms with Gasteiger partial charge in [0, 0.05) is 19.0 Å². The number of nitrogens with two attached hydrogens (primary N) is 1. The minimum atomic E-state index is -2.75. The second-order valence-electron chi connectivity index (χ2n) is 11.9. The number of primary amides is 1. The molecule has 0 saturated heterocycles. The summed E-state index contributed by atoms with van der Waals surface area (Å²) in [5.74, 6) is -10.7. The van der Waals surface area contributed by atoms with Crippen LogP contribution in [0, 0.1) is 23.7 Å². The summed E-state index contributed by atoms with van der Waals surface area (Å²) in [5, 5.41) is 22.5. The molecule has 42 heavy (non-hydrogen) atoms. The fourth-order valence-electron chi connectivity index (χ4n) is 7.20. The fourth-order valence-corrected chi connectivity index (χ4v) is 7.20. The lowest BCUT2D eigenvalue weighted by Gasteiger charge is -2.52. The lowest BCUT2D eigenvalue weighted by molar-refractivity contribution is -0.181. The number of hydrogen-bond acceptors (Lipinski definition) is 9. The number of nitrogens with zero attached hydrogens (tertiary/aromatic N) is 2. The minimum absolute atomic E-state index is 0.0150. The van der Waals surface area contributed by atoms with Gasteiger partial charge in [-0.05, 0) is 68.2 Å². The summed E-state index contributed by atoms with van der Waals surface area (Å²) in [6.07, 6.45) is 0.162. The first kappa shape index (κ1) is 29.7. The van der Waals surface area contributed by atoms with Gasteiger partial charge in [0.1, 0.15) is 12.4 Å². The van der Waals surface area contributed by atoms with Crippen molar-refractivity contribution in [3.8, 4) is 16.9 Å². The van der Waals surface area contributed by atoms with Crippen molar-refractivity contribution in [1.29, 1.82) is 0 Å². The van der Waals surface area contributed by atoms with Crippen LogP contribution >= 0.6 is 0 Å². The molecule has 3 aliphatic rings. The number of halogens is 1. The van der Waals surface area contributed by atoms with Crippen LogP contribution in [0.5, 0.6) is 5.75 Å². The standard InChI is InChI=1S/C31H34FN3O7/c1-34(2)25-20-13-17-12-19-18(16-6-4-15(5-7-16)14-35(3)11-10-32)8-9-21(36)23(19)26(37)22(17)28(39)31(20,42)29(40)24(27(25)38)30(33)41/h4-9,17,20,22,24-25,36,42H,10-14H2,1-3H3,(H2,33,41)/t17-,20-,22?,24?,25+,31-/m0/s1. The van der Waals surface area contributed by atoms with E-state index in [1.807, 2.05) is 36.2 Å². The number of ketones is 4. The van der Waals surface area contributed by atoms with Gasteiger partial charge in [-0.25, -0.2) is 4.39 Å². The van der Waals surface area contributed by atoms with Crippen molar-refractivity contribution in [1.82, 2.24) is 9.80 Å². The number of aliphatic hydroxyl groups is 1. The molecule has 222 valence electrons. The Hall–Kier alpha value is -3.80. The Labute approximate surface area is 242 Å². The molecule has 1 amide bonds. The van der Waals surface area contributed by atoms with Gasteiger partial charge >= 0.3 is 0 Å². The average Bonchev–Trinajstić information content (AvgIpc) is 2.91. The first-order valence-electron chi connectivity index (χ1n) is 13.9. The zero-order valence-electron chi connectivity index (χ0n) is 23.7. The first-order valence-corrected chi connectivity index (χ1v) is 13.9. The van der Waals surface area contributed by atoms with Gasteiger partial charge in [0.05, 0.1) is 17.5 Å². The molecule has 4 N–H and O–H groups in total. The van der Waals surface area contributed by atoms with Gasteiger partial charge in [-0.15, -0.1) is 0 Å². The molecule has 5 rings (SSSR count). The summed E-state index contributed by atoms with van der Waals surface area (Å²) in [7, 11) is 4.91. The number of carbonyl (C=O) groups is 5. The minimum Gasteiger partial charge on any atom is -0.507 e. The molecule has 0 spiro atoms. The quantitative estimate of drug-likeness (QED) is 0.406. The second-order valence-corrected chi connectivity index (χ2v) is 11.9. The van der Waals surface area contributed by atoms with Gasteiger partial charge < -0.3 is 15.9 Å². The van der Waals surface area contributed by atoms with Crippen LogP contribution in [0.4, 0.5) is 4.39 Å². The monoisotopic (exact) mass is 579 g/mol. The number of phenolic OH excluding ortho intramolecular Hbond substituents is 1. The van der Waals surface area contributed by atoms with E-state index in [0.29, 0.717) is 24.2 Å². The smallest absolute Gasteiger partial charge is 0.235 e. The molecule has 11 heteroatoms. The van der Waals surface area contributed by atoms with Gasteiger partial charge in [-0.3, -0.25) is 33.8 Å². The summed E-state index contributed by atoms with van der Waals surface area (Å²) >= 11 is 0. The van der Waals surface area contributed by atoms with Crippen molar-refractivity contribution in [2.45, 2.75) is 31.0 Å². The molecule has 2 fully saturated rings. The van der Waals surface area contributed by atoms with E-state index in [4.69, 9.17) is 5.73 Å². The third kappa shape index (κ3) is 4.47. The highest BCUT2D eigenvalue weighted by atomic mass is 19.1. The van der Waals surface area contributed by atoms with Crippen LogP contribution in [0.25, 0.3) is 11.1 Å². The van der Waals surface area contributed by atoms with E-state index >= 15 is 0 Å². The van der Waals surface area contributed by atoms with Crippen LogP contribution in [0.1, 0.15) is 27.9 Å². The van der Waals surface area contributed by atoms with Crippen LogP contribution in [-0.4, -0.2) is 95.1 Å². The molecule has 0 aliphatic heterocycles. The van der Waals surface area contributed by atoms with Crippen LogP contribution in [0.3, 0.4) is 0 Å². The number of likely N-dealkylation sites (N-methyl/N-ethyl adjacent to an activating group) is 1. The fraction of sp³-hybridized carbons (Fsp3) is 0.452. The summed E-state index contributed by atoms with van der Waals surface area (Å²) in [4.78, 5) is 69.9. The van der Waals surface area contributed by atoms with E-state index in [0.717, 1.165) is 11.1 Å². The highest BCUT2D eigenvalue weighted by Crippen LogP contribution is 2.51. The number of rotatable bonds is 7. The maximum Gasteiger partial charge on any atom is 0.235 e. The van der Waals surface area contributed by atoms with Crippen molar-refractivity contribution in [2.75, 3.05) is 34.4 Å². The van der Waals surface area contributed by atoms with Crippen LogP contribution in [0.15, 0.2) is 36.4 Å². The zero-order chi connectivity index (χ0) is 30.7. The topological polar surface area (TPSA) is 158 Å². The molecule has 0 heterocycles. The van der Waals surface area contributed by atoms with E-state index in [9.17, 15) is 38.6 Å². The largest absolute Gasteiger partial charge is 0.507 e. The summed E-state index contributed by atoms with van der Waals surface area (Å²) < 4.78 is 12.7. The maximum absolute atomic E-state index is 13.9. The number of alkyl halides is 1. The van der Waals surface area contributed by atoms with Crippen LogP contribution < -0.4 is 5.73 Å². The molecule has 0 bridgehead atoms. The van der Waals surface area contributed by atoms with Gasteiger partial charge in [-0.1, -0.05) is 30.3 Å². The molecule has 6 atom stereocenters. The van der Waals surface area contributed by atoms with E-state index in [2.05, 4.69) is 0 Å². The molecule has 2 saturated carbocycles. The summed E-state index contributed by atoms with van der Waals surface area (Å²) in [6.45, 7) is 0.407. The lowest BCUT2D eigenvalue weighted by atomic mass is 9.52. The first-order chi connectivity index (χ1) is 19.8. The number of phenols is 1. The Morgan fingerprint density at radius 2 is 1.71 bits per heavy atom. The molecule has 2 unspecified atom stereocenters. The third-order valence-electron chi connectivity index (χ3n) is 9.13. The number of carbonyl (C=O) groups excluding carboxylic acids is 5. The number of benzene rings is 2. The predicted molar refractivity (Wildman–Crippen MR) is 149 cm³/mol. The Balaban J connectivity index is 1.56. The Kier molecular flexibility index (Phi) is 7.63. The van der Waals surface area contributed by atoms with E-state index in [-0.39, 0.29) is 24.2 Å². The zero-order valence-corrected chi connectivity index (χ0v) is 23.7. The molecular weight excluding hydrogens is 545 g/mol. The number of Topliss-reactive ketones (excluding diaryl/α,β-unsaturated/α-hetero) is 4. The highest BCUT2D eigenvalue weighted by Gasteiger charge is 2.69. The van der Waals surface area contributed by atoms with Crippen molar-refractivity contribution in [3.63, 3.8) is 0 Å². The third-order valence-corrected chi connectivity index (χ3v) is 9.13. The van der Waals surface area contributed by atoms with Crippen LogP contribution in [0.2, 0.25) is 0 Å². The molecule has 3 aliphatic carbocycles. The Morgan fingerprint density at radius 3 is 2.31 bits per heavy atom. The molecule has 2 aromatic rings. The Bertz CT molecular complexity index is 1490. The number of fused-ring (bicyclic) bond motifs is 3. The summed E-state index contributed by atoms with van der Waals surface area (Å²) in [6, 6.07) is 9.46. The van der Waals surface area contributed by atoms with Crippen molar-refractivity contribution in [2.24, 2.45) is 29.4 Å². The van der Waals surface area contributed by atoms with Crippen LogP contribution in [-0.2, 0) is 32.1 Å². The number of hydrogen-bond donors (Lipinski definition) is 3. The van der Waals surface area contributed by atoms with Crippen molar-refractivity contribution in [3.05, 3.63) is 53.1 Å². The van der Waals surface area contributed by atoms with E-state index in [1.54, 1.807) is 20.2 Å². The number of aromatic hydroxyl groups is 1. The molecule has 10 nitrogen and oxygen atoms in total. The normalized spacial score (nSPS) is 29.0. The van der Waals surface area contributed by atoms with Crippen molar-refractivity contribution < 1.29 is 38.6 Å². The lowest BCUT2D eigenvalue weighted by Crippen LogP contribution is -2.74. The predicted octanol–water partition coefficient (Wildman–Crippen LogP) is 0.935. The molecule has 2 aromatic carbocycles. The summed E-state index contributed by atoms with van der Waals surface area (Å²) in [5.41, 5.74) is 5.50. The highest BCUT2D eigenvalue weighted by molar-refractivity contribution is 6.32. The molecular formula is C31H34FN3O7. The molecule has 0 radical (unpaired) electrons. The average molecular weight is 580 g/mol. The van der Waals surface area contributed by atoms with Gasteiger partial charge in [0.15, 0.2) is 34.7 Å².